The van der Waals surface area contributed by atoms with Crippen molar-refractivity contribution in [2.45, 2.75) is 13.8 Å². The van der Waals surface area contributed by atoms with E-state index >= 15 is 0 Å². The Labute approximate surface area is 394 Å². The first kappa shape index (κ1) is 41.6. The SMILES string of the molecule is Cc1cc(C)nc(-c2c(-c3ccc(-c4nc(-c5ccccc5)nc(-c5ccccc5)n4)cc3)cccc2-c2cccc(-c3nc(-c4ccccc4)nc(-c4ccccc4-c4ccccc4)n3)c2)n1. The third-order valence-electron chi connectivity index (χ3n) is 11.8. The summed E-state index contributed by atoms with van der Waals surface area (Å²) in [7, 11) is 0. The predicted molar refractivity (Wildman–Crippen MR) is 273 cm³/mol. The van der Waals surface area contributed by atoms with Crippen LogP contribution in [-0.4, -0.2) is 39.9 Å². The molecule has 0 spiro atoms. The maximum absolute atomic E-state index is 5.21. The molecule has 0 amide bonds. The Morgan fingerprint density at radius 2 is 0.529 bits per heavy atom. The van der Waals surface area contributed by atoms with Gasteiger partial charge in [-0.1, -0.05) is 206 Å². The molecule has 0 unspecified atom stereocenters. The Balaban J connectivity index is 1.03. The molecule has 0 aliphatic heterocycles. The molecule has 0 aliphatic rings. The number of rotatable bonds is 10. The molecule has 0 saturated heterocycles. The Morgan fingerprint density at radius 3 is 1.04 bits per heavy atom. The van der Waals surface area contributed by atoms with Gasteiger partial charge in [0.05, 0.1) is 0 Å². The average molecular weight is 875 g/mol. The second-order valence-electron chi connectivity index (χ2n) is 16.5. The van der Waals surface area contributed by atoms with Crippen molar-refractivity contribution in [1.82, 2.24) is 39.9 Å². The van der Waals surface area contributed by atoms with Gasteiger partial charge in [0.2, 0.25) is 0 Å². The normalized spacial score (nSPS) is 11.1. The largest absolute Gasteiger partial charge is 0.233 e. The number of hydrogen-bond donors (Lipinski definition) is 0. The van der Waals surface area contributed by atoms with Crippen LogP contribution in [0.5, 0.6) is 0 Å². The van der Waals surface area contributed by atoms with Gasteiger partial charge in [-0.05, 0) is 59.4 Å². The van der Waals surface area contributed by atoms with Gasteiger partial charge in [-0.2, -0.15) is 0 Å². The molecule has 8 aromatic carbocycles. The highest BCUT2D eigenvalue weighted by atomic mass is 15.0. The molecule has 11 rings (SSSR count). The van der Waals surface area contributed by atoms with E-state index in [1.807, 2.05) is 141 Å². The van der Waals surface area contributed by atoms with Crippen molar-refractivity contribution in [3.63, 3.8) is 0 Å². The summed E-state index contributed by atoms with van der Waals surface area (Å²) in [6.45, 7) is 4.02. The van der Waals surface area contributed by atoms with E-state index in [4.69, 9.17) is 39.9 Å². The Hall–Kier alpha value is -9.14. The molecule has 8 heteroatoms. The molecular formula is C60H42N8. The third kappa shape index (κ3) is 8.57. The molecule has 3 heterocycles. The second kappa shape index (κ2) is 18.4. The Bertz CT molecular complexity index is 3490. The molecule has 0 N–H and O–H groups in total. The first-order valence-corrected chi connectivity index (χ1v) is 22.5. The summed E-state index contributed by atoms with van der Waals surface area (Å²) in [6.07, 6.45) is 0. The third-order valence-corrected chi connectivity index (χ3v) is 11.8. The highest BCUT2D eigenvalue weighted by Crippen LogP contribution is 2.41. The molecule has 8 nitrogen and oxygen atoms in total. The van der Waals surface area contributed by atoms with E-state index in [1.54, 1.807) is 0 Å². The van der Waals surface area contributed by atoms with Gasteiger partial charge in [-0.3, -0.25) is 0 Å². The standard InChI is InChI=1S/C60H42N8/c1-39-37-40(2)62-60(61-39)53-50(42-33-35-46(36-34-42)57-64-54(43-21-9-4-10-22-43)63-55(65-57)44-23-11-5-12-24-44)31-18-32-51(53)47-27-17-28-48(38-47)58-66-56(45-25-13-6-14-26-45)67-59(68-58)52-30-16-15-29-49(52)41-19-7-3-8-20-41/h3-38H,1-2H3. The molecule has 0 saturated carbocycles. The average Bonchev–Trinajstić information content (AvgIpc) is 3.41. The summed E-state index contributed by atoms with van der Waals surface area (Å²) in [5.74, 6) is 4.23. The van der Waals surface area contributed by atoms with Crippen LogP contribution in [0.1, 0.15) is 11.4 Å². The minimum absolute atomic E-state index is 0.568. The molecule has 0 bridgehead atoms. The van der Waals surface area contributed by atoms with E-state index in [9.17, 15) is 0 Å². The molecule has 0 aliphatic carbocycles. The van der Waals surface area contributed by atoms with Crippen molar-refractivity contribution >= 4 is 0 Å². The monoisotopic (exact) mass is 874 g/mol. The maximum atomic E-state index is 5.21. The van der Waals surface area contributed by atoms with Crippen LogP contribution in [0.3, 0.4) is 0 Å². The van der Waals surface area contributed by atoms with Crippen LogP contribution in [-0.2, 0) is 0 Å². The van der Waals surface area contributed by atoms with Crippen molar-refractivity contribution in [2.24, 2.45) is 0 Å². The van der Waals surface area contributed by atoms with E-state index in [1.165, 1.54) is 0 Å². The van der Waals surface area contributed by atoms with Gasteiger partial charge in [0.25, 0.3) is 0 Å². The molecule has 0 fully saturated rings. The lowest BCUT2D eigenvalue weighted by Gasteiger charge is -2.17. The molecule has 68 heavy (non-hydrogen) atoms. The molecule has 0 atom stereocenters. The van der Waals surface area contributed by atoms with Gasteiger partial charge >= 0.3 is 0 Å². The fraction of sp³-hybridized carbons (Fsp3) is 0.0333. The molecule has 3 aromatic heterocycles. The summed E-state index contributed by atoms with van der Waals surface area (Å²) < 4.78 is 0. The van der Waals surface area contributed by atoms with E-state index in [0.717, 1.165) is 83.7 Å². The van der Waals surface area contributed by atoms with Crippen LogP contribution >= 0.6 is 0 Å². The number of aryl methyl sites for hydroxylation is 2. The van der Waals surface area contributed by atoms with Crippen molar-refractivity contribution in [3.8, 4) is 113 Å². The Kier molecular flexibility index (Phi) is 11.2. The lowest BCUT2D eigenvalue weighted by molar-refractivity contribution is 1.06. The van der Waals surface area contributed by atoms with E-state index in [-0.39, 0.29) is 0 Å². The van der Waals surface area contributed by atoms with Crippen molar-refractivity contribution in [2.75, 3.05) is 0 Å². The van der Waals surface area contributed by atoms with Crippen LogP contribution in [0, 0.1) is 13.8 Å². The summed E-state index contributed by atoms with van der Waals surface area (Å²) in [4.78, 5) is 40.4. The van der Waals surface area contributed by atoms with E-state index in [0.29, 0.717) is 40.8 Å². The van der Waals surface area contributed by atoms with Gasteiger partial charge in [-0.25, -0.2) is 39.9 Å². The fourth-order valence-corrected chi connectivity index (χ4v) is 8.56. The van der Waals surface area contributed by atoms with E-state index in [2.05, 4.69) is 91.0 Å². The van der Waals surface area contributed by atoms with Crippen molar-refractivity contribution in [1.29, 1.82) is 0 Å². The smallest absolute Gasteiger partial charge is 0.164 e. The maximum Gasteiger partial charge on any atom is 0.164 e. The number of aromatic nitrogens is 8. The fourth-order valence-electron chi connectivity index (χ4n) is 8.56. The van der Waals surface area contributed by atoms with Crippen molar-refractivity contribution < 1.29 is 0 Å². The zero-order valence-corrected chi connectivity index (χ0v) is 37.4. The molecular weight excluding hydrogens is 833 g/mol. The highest BCUT2D eigenvalue weighted by Gasteiger charge is 2.21. The van der Waals surface area contributed by atoms with Crippen LogP contribution in [0.25, 0.3) is 113 Å². The van der Waals surface area contributed by atoms with Crippen LogP contribution in [0.2, 0.25) is 0 Å². The zero-order valence-electron chi connectivity index (χ0n) is 37.4. The summed E-state index contributed by atoms with van der Waals surface area (Å²) >= 11 is 0. The van der Waals surface area contributed by atoms with Gasteiger partial charge in [0, 0.05) is 50.3 Å². The van der Waals surface area contributed by atoms with Gasteiger partial charge in [0.15, 0.2) is 40.8 Å². The number of hydrogen-bond acceptors (Lipinski definition) is 8. The lowest BCUT2D eigenvalue weighted by Crippen LogP contribution is -2.01. The van der Waals surface area contributed by atoms with Crippen LogP contribution in [0.4, 0.5) is 0 Å². The quantitative estimate of drug-likeness (QED) is 0.134. The lowest BCUT2D eigenvalue weighted by atomic mass is 9.90. The molecule has 0 radical (unpaired) electrons. The highest BCUT2D eigenvalue weighted by molar-refractivity contribution is 5.93. The minimum atomic E-state index is 0.568. The van der Waals surface area contributed by atoms with Crippen molar-refractivity contribution in [3.05, 3.63) is 230 Å². The molecule has 11 aromatic rings. The summed E-state index contributed by atoms with van der Waals surface area (Å²) in [5, 5.41) is 0. The topological polar surface area (TPSA) is 103 Å². The summed E-state index contributed by atoms with van der Waals surface area (Å²) in [5.41, 5.74) is 14.1. The predicted octanol–water partition coefficient (Wildman–Crippen LogP) is 14.1. The first-order valence-electron chi connectivity index (χ1n) is 22.5. The van der Waals surface area contributed by atoms with Gasteiger partial charge in [-0.15, -0.1) is 0 Å². The van der Waals surface area contributed by atoms with Crippen LogP contribution in [0.15, 0.2) is 218 Å². The minimum Gasteiger partial charge on any atom is -0.233 e. The van der Waals surface area contributed by atoms with Crippen LogP contribution < -0.4 is 0 Å². The Morgan fingerprint density at radius 1 is 0.206 bits per heavy atom. The summed E-state index contributed by atoms with van der Waals surface area (Å²) in [6, 6.07) is 73.9. The van der Waals surface area contributed by atoms with E-state index < -0.39 is 0 Å². The zero-order chi connectivity index (χ0) is 45.8. The second-order valence-corrected chi connectivity index (χ2v) is 16.5. The number of benzene rings is 8. The first-order chi connectivity index (χ1) is 33.5. The number of nitrogens with zero attached hydrogens (tertiary/aromatic N) is 8. The van der Waals surface area contributed by atoms with Gasteiger partial charge in [0.1, 0.15) is 0 Å². The molecule has 322 valence electrons. The van der Waals surface area contributed by atoms with Gasteiger partial charge < -0.3 is 0 Å².